The van der Waals surface area contributed by atoms with Gasteiger partial charge in [0.1, 0.15) is 18.0 Å². The summed E-state index contributed by atoms with van der Waals surface area (Å²) < 4.78 is 54.2. The van der Waals surface area contributed by atoms with Crippen molar-refractivity contribution in [1.29, 1.82) is 0 Å². The largest absolute Gasteiger partial charge is 0.573 e. The van der Waals surface area contributed by atoms with Crippen LogP contribution in [0.4, 0.5) is 24.8 Å². The molecule has 1 aliphatic rings. The van der Waals surface area contributed by atoms with Gasteiger partial charge in [-0.2, -0.15) is 0 Å². The molecule has 1 fully saturated rings. The highest BCUT2D eigenvalue weighted by Crippen LogP contribution is 2.46. The van der Waals surface area contributed by atoms with Gasteiger partial charge in [0.15, 0.2) is 6.61 Å². The summed E-state index contributed by atoms with van der Waals surface area (Å²) in [5.41, 5.74) is 2.16. The number of hydrogen-bond donors (Lipinski definition) is 1. The molecule has 1 saturated carbocycles. The first-order valence-electron chi connectivity index (χ1n) is 13.3. The number of aromatic nitrogens is 2. The SMILES string of the molecule is COC(=O)CN(C)C(=O)COc1ccc2c(c1)nc(Nc1ccc(OC(F)(F)F)cc1)n2C1CC(C)CC(C)(C)C1. The summed E-state index contributed by atoms with van der Waals surface area (Å²) in [5, 5.41) is 3.27. The van der Waals surface area contributed by atoms with Gasteiger partial charge >= 0.3 is 12.3 Å². The molecule has 0 radical (unpaired) electrons. The second kappa shape index (κ2) is 11.9. The van der Waals surface area contributed by atoms with Crippen molar-refractivity contribution in [2.24, 2.45) is 11.3 Å². The number of benzene rings is 2. The fourth-order valence-electron chi connectivity index (χ4n) is 5.59. The number of nitrogens with one attached hydrogen (secondary N) is 1. The van der Waals surface area contributed by atoms with Gasteiger partial charge in [0.2, 0.25) is 5.95 Å². The van der Waals surface area contributed by atoms with Crippen molar-refractivity contribution in [3.8, 4) is 11.5 Å². The number of halogens is 3. The number of hydrogen-bond acceptors (Lipinski definition) is 7. The second-order valence-corrected chi connectivity index (χ2v) is 11.3. The van der Waals surface area contributed by atoms with E-state index < -0.39 is 12.3 Å². The van der Waals surface area contributed by atoms with Gasteiger partial charge in [-0.3, -0.25) is 9.59 Å². The molecule has 2 unspecified atom stereocenters. The average Bonchev–Trinajstić information content (AvgIpc) is 3.23. The molecule has 4 rings (SSSR count). The number of nitrogens with zero attached hydrogens (tertiary/aromatic N) is 3. The van der Waals surface area contributed by atoms with E-state index in [2.05, 4.69) is 40.1 Å². The highest BCUT2D eigenvalue weighted by atomic mass is 19.4. The molecule has 0 aliphatic heterocycles. The normalized spacial score (nSPS) is 18.5. The first-order valence-corrected chi connectivity index (χ1v) is 13.3. The standard InChI is InChI=1S/C29H35F3N4O5/c1-18-12-20(15-28(2,3)14-18)36-24-11-10-22(40-17-25(37)35(4)16-26(38)39-5)13-23(24)34-27(36)33-19-6-8-21(9-7-19)41-29(30,31)32/h6-11,13,18,20H,12,14-17H2,1-5H3,(H,33,34). The van der Waals surface area contributed by atoms with Gasteiger partial charge in [-0.15, -0.1) is 13.2 Å². The fraction of sp³-hybridized carbons (Fsp3) is 0.483. The van der Waals surface area contributed by atoms with Crippen molar-refractivity contribution in [2.45, 2.75) is 52.4 Å². The summed E-state index contributed by atoms with van der Waals surface area (Å²) in [6.07, 6.45) is -1.79. The Morgan fingerprint density at radius 3 is 2.44 bits per heavy atom. The highest BCUT2D eigenvalue weighted by molar-refractivity contribution is 5.84. The molecule has 3 aromatic rings. The lowest BCUT2D eigenvalue weighted by molar-refractivity contribution is -0.274. The highest BCUT2D eigenvalue weighted by Gasteiger charge is 2.35. The summed E-state index contributed by atoms with van der Waals surface area (Å²) in [7, 11) is 2.74. The number of esters is 1. The average molecular weight is 577 g/mol. The lowest BCUT2D eigenvalue weighted by Gasteiger charge is -2.40. The number of likely N-dealkylation sites (N-methyl/N-ethyl adjacent to an activating group) is 1. The second-order valence-electron chi connectivity index (χ2n) is 11.3. The molecule has 2 aromatic carbocycles. The molecule has 222 valence electrons. The van der Waals surface area contributed by atoms with E-state index in [0.29, 0.717) is 28.8 Å². The van der Waals surface area contributed by atoms with Crippen molar-refractivity contribution in [1.82, 2.24) is 14.5 Å². The predicted molar refractivity (Wildman–Crippen MR) is 147 cm³/mol. The number of carbonyl (C=O) groups is 2. The van der Waals surface area contributed by atoms with Crippen molar-refractivity contribution < 1.29 is 37.0 Å². The molecule has 1 heterocycles. The van der Waals surface area contributed by atoms with Gasteiger partial charge in [-0.05, 0) is 67.0 Å². The molecule has 0 spiro atoms. The number of rotatable bonds is 9. The topological polar surface area (TPSA) is 94.9 Å². The van der Waals surface area contributed by atoms with Crippen LogP contribution in [0.3, 0.4) is 0 Å². The number of fused-ring (bicyclic) bond motifs is 1. The monoisotopic (exact) mass is 576 g/mol. The third kappa shape index (κ3) is 7.83. The van der Waals surface area contributed by atoms with Crippen molar-refractivity contribution >= 4 is 34.5 Å². The molecule has 41 heavy (non-hydrogen) atoms. The van der Waals surface area contributed by atoms with Crippen LogP contribution in [0.5, 0.6) is 11.5 Å². The van der Waals surface area contributed by atoms with E-state index in [-0.39, 0.29) is 36.3 Å². The van der Waals surface area contributed by atoms with Crippen molar-refractivity contribution in [3.63, 3.8) is 0 Å². The smallest absolute Gasteiger partial charge is 0.484 e. The fourth-order valence-corrected chi connectivity index (χ4v) is 5.59. The van der Waals surface area contributed by atoms with Crippen molar-refractivity contribution in [2.75, 3.05) is 32.6 Å². The molecule has 2 atom stereocenters. The van der Waals surface area contributed by atoms with Gasteiger partial charge in [0.05, 0.1) is 18.1 Å². The van der Waals surface area contributed by atoms with E-state index in [1.54, 1.807) is 12.1 Å². The van der Waals surface area contributed by atoms with E-state index in [9.17, 15) is 22.8 Å². The Labute approximate surface area is 236 Å². The molecule has 1 aliphatic carbocycles. The van der Waals surface area contributed by atoms with Gasteiger partial charge in [0, 0.05) is 24.8 Å². The number of anilines is 2. The number of ether oxygens (including phenoxy) is 3. The van der Waals surface area contributed by atoms with Crippen LogP contribution >= 0.6 is 0 Å². The molecule has 1 amide bonds. The summed E-state index contributed by atoms with van der Waals surface area (Å²) >= 11 is 0. The Balaban J connectivity index is 1.61. The first kappa shape index (κ1) is 30.0. The van der Waals surface area contributed by atoms with Crippen molar-refractivity contribution in [3.05, 3.63) is 42.5 Å². The third-order valence-corrected chi connectivity index (χ3v) is 7.12. The number of alkyl halides is 3. The molecule has 0 bridgehead atoms. The number of carbonyl (C=O) groups excluding carboxylic acids is 2. The number of methoxy groups -OCH3 is 1. The van der Waals surface area contributed by atoms with Crippen LogP contribution in [-0.2, 0) is 14.3 Å². The third-order valence-electron chi connectivity index (χ3n) is 7.12. The van der Waals surface area contributed by atoms with Gasteiger partial charge in [-0.1, -0.05) is 20.8 Å². The summed E-state index contributed by atoms with van der Waals surface area (Å²) in [4.78, 5) is 29.9. The summed E-state index contributed by atoms with van der Waals surface area (Å²) in [5.74, 6) is 0.233. The van der Waals surface area contributed by atoms with E-state index in [0.717, 1.165) is 24.8 Å². The summed E-state index contributed by atoms with van der Waals surface area (Å²) in [6, 6.07) is 11.0. The van der Waals surface area contributed by atoms with Crippen LogP contribution < -0.4 is 14.8 Å². The van der Waals surface area contributed by atoms with Gasteiger partial charge < -0.3 is 29.0 Å². The first-order chi connectivity index (χ1) is 19.2. The van der Waals surface area contributed by atoms with Gasteiger partial charge in [0.25, 0.3) is 5.91 Å². The lowest BCUT2D eigenvalue weighted by Crippen LogP contribution is -2.35. The molecule has 12 heteroatoms. The Morgan fingerprint density at radius 1 is 1.12 bits per heavy atom. The van der Waals surface area contributed by atoms with Crippen LogP contribution in [0.2, 0.25) is 0 Å². The molecule has 0 saturated heterocycles. The minimum absolute atomic E-state index is 0.117. The number of amides is 1. The van der Waals surface area contributed by atoms with Crippen LogP contribution in [-0.4, -0.2) is 60.0 Å². The van der Waals surface area contributed by atoms with Crippen LogP contribution in [0, 0.1) is 11.3 Å². The number of imidazole rings is 1. The Hall–Kier alpha value is -3.96. The zero-order valence-electron chi connectivity index (χ0n) is 23.7. The van der Waals surface area contributed by atoms with E-state index in [4.69, 9.17) is 9.72 Å². The zero-order chi connectivity index (χ0) is 29.9. The molecular weight excluding hydrogens is 541 g/mol. The quantitative estimate of drug-likeness (QED) is 0.309. The Kier molecular flexibility index (Phi) is 8.69. The zero-order valence-corrected chi connectivity index (χ0v) is 23.7. The maximum absolute atomic E-state index is 12.6. The maximum atomic E-state index is 12.6. The Morgan fingerprint density at radius 2 is 1.80 bits per heavy atom. The minimum atomic E-state index is -4.77. The van der Waals surface area contributed by atoms with E-state index in [1.807, 2.05) is 6.07 Å². The van der Waals surface area contributed by atoms with E-state index in [1.165, 1.54) is 43.3 Å². The van der Waals surface area contributed by atoms with Crippen LogP contribution in [0.15, 0.2) is 42.5 Å². The predicted octanol–water partition coefficient (Wildman–Crippen LogP) is 6.08. The Bertz CT molecular complexity index is 1390. The molecule has 1 aromatic heterocycles. The molecule has 9 nitrogen and oxygen atoms in total. The van der Waals surface area contributed by atoms with Crippen LogP contribution in [0.1, 0.15) is 46.1 Å². The maximum Gasteiger partial charge on any atom is 0.573 e. The van der Waals surface area contributed by atoms with Crippen LogP contribution in [0.25, 0.3) is 11.0 Å². The van der Waals surface area contributed by atoms with E-state index >= 15 is 0 Å². The molecular formula is C29H35F3N4O5. The summed E-state index contributed by atoms with van der Waals surface area (Å²) in [6.45, 7) is 6.28. The van der Waals surface area contributed by atoms with Gasteiger partial charge in [-0.25, -0.2) is 4.98 Å². The lowest BCUT2D eigenvalue weighted by atomic mass is 9.70. The minimum Gasteiger partial charge on any atom is -0.484 e. The molecule has 1 N–H and O–H groups in total.